The smallest absolute Gasteiger partial charge is 0.238 e. The van der Waals surface area contributed by atoms with Gasteiger partial charge in [0, 0.05) is 18.8 Å². The summed E-state index contributed by atoms with van der Waals surface area (Å²) in [6, 6.07) is 7.83. The van der Waals surface area contributed by atoms with Gasteiger partial charge in [0.1, 0.15) is 10.8 Å². The van der Waals surface area contributed by atoms with Crippen molar-refractivity contribution in [2.75, 3.05) is 0 Å². The second kappa shape index (κ2) is 7.12. The van der Waals surface area contributed by atoms with Gasteiger partial charge in [-0.1, -0.05) is 43.1 Å². The zero-order valence-corrected chi connectivity index (χ0v) is 13.8. The van der Waals surface area contributed by atoms with Crippen molar-refractivity contribution in [1.29, 1.82) is 0 Å². The molecule has 0 spiro atoms. The Labute approximate surface area is 135 Å². The molecule has 0 radical (unpaired) electrons. The molecule has 0 aliphatic carbocycles. The van der Waals surface area contributed by atoms with Crippen LogP contribution in [0.4, 0.5) is 0 Å². The van der Waals surface area contributed by atoms with Crippen LogP contribution in [-0.4, -0.2) is 11.0 Å². The average molecular weight is 325 g/mol. The van der Waals surface area contributed by atoms with E-state index in [0.29, 0.717) is 27.7 Å². The molecule has 0 aliphatic heterocycles. The van der Waals surface area contributed by atoms with Gasteiger partial charge in [0.15, 0.2) is 0 Å². The van der Waals surface area contributed by atoms with Gasteiger partial charge in [-0.2, -0.15) is 0 Å². The molecule has 2 aromatic rings. The minimum Gasteiger partial charge on any atom is -0.436 e. The van der Waals surface area contributed by atoms with Gasteiger partial charge < -0.3 is 10.1 Å². The summed E-state index contributed by atoms with van der Waals surface area (Å²) in [4.78, 5) is 4.26. The first-order valence-electron chi connectivity index (χ1n) is 6.77. The van der Waals surface area contributed by atoms with Gasteiger partial charge in [0.2, 0.25) is 5.88 Å². The number of pyridine rings is 1. The first-order chi connectivity index (χ1) is 9.95. The molecule has 0 aliphatic rings. The monoisotopic (exact) mass is 324 g/mol. The van der Waals surface area contributed by atoms with Gasteiger partial charge in [-0.25, -0.2) is 4.98 Å². The zero-order chi connectivity index (χ0) is 15.4. The number of nitrogens with zero attached hydrogens (tertiary/aromatic N) is 1. The number of rotatable bonds is 5. The fourth-order valence-electron chi connectivity index (χ4n) is 1.75. The van der Waals surface area contributed by atoms with Crippen LogP contribution < -0.4 is 10.1 Å². The van der Waals surface area contributed by atoms with Gasteiger partial charge in [-0.15, -0.1) is 0 Å². The normalized spacial score (nSPS) is 11.0. The van der Waals surface area contributed by atoms with Gasteiger partial charge in [-0.3, -0.25) is 0 Å². The third-order valence-electron chi connectivity index (χ3n) is 2.87. The van der Waals surface area contributed by atoms with Crippen molar-refractivity contribution in [2.24, 2.45) is 0 Å². The molecule has 2 rings (SSSR count). The predicted octanol–water partition coefficient (Wildman–Crippen LogP) is 4.99. The molecule has 0 unspecified atom stereocenters. The molecular formula is C16H18Cl2N2O. The third kappa shape index (κ3) is 4.60. The summed E-state index contributed by atoms with van der Waals surface area (Å²) >= 11 is 12.4. The van der Waals surface area contributed by atoms with E-state index in [1.165, 1.54) is 0 Å². The van der Waals surface area contributed by atoms with Gasteiger partial charge in [0.25, 0.3) is 0 Å². The molecule has 1 aromatic carbocycles. The van der Waals surface area contributed by atoms with Crippen molar-refractivity contribution in [3.63, 3.8) is 0 Å². The molecule has 0 saturated heterocycles. The molecule has 1 aromatic heterocycles. The highest BCUT2D eigenvalue weighted by molar-refractivity contribution is 6.32. The van der Waals surface area contributed by atoms with E-state index in [2.05, 4.69) is 24.1 Å². The van der Waals surface area contributed by atoms with Crippen LogP contribution in [-0.2, 0) is 6.54 Å². The van der Waals surface area contributed by atoms with Crippen LogP contribution in [0.5, 0.6) is 11.6 Å². The summed E-state index contributed by atoms with van der Waals surface area (Å²) in [5, 5.41) is 4.32. The first-order valence-corrected chi connectivity index (χ1v) is 7.53. The van der Waals surface area contributed by atoms with E-state index in [-0.39, 0.29) is 0 Å². The number of benzene rings is 1. The van der Waals surface area contributed by atoms with Crippen LogP contribution in [0.2, 0.25) is 10.0 Å². The Bertz CT molecular complexity index is 630. The van der Waals surface area contributed by atoms with Gasteiger partial charge in [0.05, 0.1) is 5.02 Å². The second-order valence-electron chi connectivity index (χ2n) is 5.20. The molecule has 5 heteroatoms. The number of hydrogen-bond acceptors (Lipinski definition) is 3. The van der Waals surface area contributed by atoms with Crippen molar-refractivity contribution in [3.8, 4) is 11.6 Å². The lowest BCUT2D eigenvalue weighted by atomic mass is 10.2. The lowest BCUT2D eigenvalue weighted by molar-refractivity contribution is 0.462. The number of aromatic nitrogens is 1. The van der Waals surface area contributed by atoms with Crippen LogP contribution in [0.25, 0.3) is 0 Å². The Morgan fingerprint density at radius 2 is 1.95 bits per heavy atom. The lowest BCUT2D eigenvalue weighted by Gasteiger charge is -2.11. The minimum absolute atomic E-state index is 0.357. The molecule has 0 atom stereocenters. The third-order valence-corrected chi connectivity index (χ3v) is 3.44. The molecule has 0 amide bonds. The van der Waals surface area contributed by atoms with Crippen molar-refractivity contribution in [3.05, 3.63) is 51.6 Å². The van der Waals surface area contributed by atoms with E-state index in [9.17, 15) is 0 Å². The Balaban J connectivity index is 2.13. The Kier molecular flexibility index (Phi) is 5.45. The maximum Gasteiger partial charge on any atom is 0.238 e. The molecule has 1 heterocycles. The van der Waals surface area contributed by atoms with Crippen LogP contribution in [0.15, 0.2) is 30.5 Å². The molecule has 1 N–H and O–H groups in total. The first kappa shape index (κ1) is 16.1. The maximum atomic E-state index is 6.22. The summed E-state index contributed by atoms with van der Waals surface area (Å²) < 4.78 is 5.68. The molecular weight excluding hydrogens is 307 g/mol. The van der Waals surface area contributed by atoms with Crippen LogP contribution in [0.1, 0.15) is 25.0 Å². The quantitative estimate of drug-likeness (QED) is 0.841. The van der Waals surface area contributed by atoms with Crippen LogP contribution >= 0.6 is 23.2 Å². The summed E-state index contributed by atoms with van der Waals surface area (Å²) in [5.41, 5.74) is 2.08. The largest absolute Gasteiger partial charge is 0.436 e. The second-order valence-corrected chi connectivity index (χ2v) is 6.02. The van der Waals surface area contributed by atoms with E-state index in [1.54, 1.807) is 6.20 Å². The summed E-state index contributed by atoms with van der Waals surface area (Å²) in [7, 11) is 0. The van der Waals surface area contributed by atoms with E-state index in [4.69, 9.17) is 27.9 Å². The summed E-state index contributed by atoms with van der Waals surface area (Å²) in [5.74, 6) is 0.903. The Hall–Kier alpha value is -1.29. The number of halogens is 2. The Morgan fingerprint density at radius 3 is 2.57 bits per heavy atom. The van der Waals surface area contributed by atoms with Crippen molar-refractivity contribution in [1.82, 2.24) is 10.3 Å². The number of hydrogen-bond donors (Lipinski definition) is 1. The SMILES string of the molecule is Cc1ccc(Oc2ncc(CNC(C)C)cc2Cl)c(Cl)c1. The van der Waals surface area contributed by atoms with Gasteiger partial charge >= 0.3 is 0 Å². The zero-order valence-electron chi connectivity index (χ0n) is 12.3. The summed E-state index contributed by atoms with van der Waals surface area (Å²) in [6.45, 7) is 6.87. The Morgan fingerprint density at radius 1 is 1.19 bits per heavy atom. The van der Waals surface area contributed by atoms with E-state index >= 15 is 0 Å². The topological polar surface area (TPSA) is 34.1 Å². The lowest BCUT2D eigenvalue weighted by Crippen LogP contribution is -2.21. The standard InChI is InChI=1S/C16H18Cl2N2O/c1-10(2)19-8-12-7-14(18)16(20-9-12)21-15-5-4-11(3)6-13(15)17/h4-7,9-10,19H,8H2,1-3H3. The highest BCUT2D eigenvalue weighted by atomic mass is 35.5. The number of nitrogens with one attached hydrogen (secondary N) is 1. The van der Waals surface area contributed by atoms with E-state index in [0.717, 1.165) is 17.7 Å². The van der Waals surface area contributed by atoms with Crippen LogP contribution in [0.3, 0.4) is 0 Å². The van der Waals surface area contributed by atoms with E-state index in [1.807, 2.05) is 31.2 Å². The minimum atomic E-state index is 0.357. The highest BCUT2D eigenvalue weighted by Gasteiger charge is 2.09. The van der Waals surface area contributed by atoms with Crippen molar-refractivity contribution >= 4 is 23.2 Å². The molecule has 112 valence electrons. The fourth-order valence-corrected chi connectivity index (χ4v) is 2.25. The van der Waals surface area contributed by atoms with Crippen LogP contribution in [0, 0.1) is 6.92 Å². The number of ether oxygens (including phenoxy) is 1. The molecule has 0 fully saturated rings. The maximum absolute atomic E-state index is 6.22. The summed E-state index contributed by atoms with van der Waals surface area (Å²) in [6.07, 6.45) is 1.75. The highest BCUT2D eigenvalue weighted by Crippen LogP contribution is 2.32. The predicted molar refractivity (Wildman–Crippen MR) is 87.5 cm³/mol. The molecule has 21 heavy (non-hydrogen) atoms. The molecule has 0 bridgehead atoms. The van der Waals surface area contributed by atoms with E-state index < -0.39 is 0 Å². The molecule has 0 saturated carbocycles. The average Bonchev–Trinajstić information content (AvgIpc) is 2.42. The van der Waals surface area contributed by atoms with Gasteiger partial charge in [-0.05, 0) is 36.2 Å². The molecule has 3 nitrogen and oxygen atoms in total. The fraction of sp³-hybridized carbons (Fsp3) is 0.312. The van der Waals surface area contributed by atoms with Crippen molar-refractivity contribution < 1.29 is 4.74 Å². The van der Waals surface area contributed by atoms with Crippen molar-refractivity contribution in [2.45, 2.75) is 33.4 Å². The number of aryl methyl sites for hydroxylation is 1.